The second-order valence-electron chi connectivity index (χ2n) is 10.6. The van der Waals surface area contributed by atoms with Gasteiger partial charge in [0.05, 0.1) is 19.4 Å². The lowest BCUT2D eigenvalue weighted by Crippen LogP contribution is -2.52. The zero-order valence-electron chi connectivity index (χ0n) is 22.7. The number of morpholine rings is 1. The fourth-order valence-electron chi connectivity index (χ4n) is 5.80. The zero-order chi connectivity index (χ0) is 27.6. The topological polar surface area (TPSA) is 115 Å². The summed E-state index contributed by atoms with van der Waals surface area (Å²) >= 11 is 0. The third-order valence-electron chi connectivity index (χ3n) is 8.00. The van der Waals surface area contributed by atoms with Gasteiger partial charge >= 0.3 is 0 Å². The molecule has 2 aliphatic heterocycles. The van der Waals surface area contributed by atoms with Gasteiger partial charge in [0.25, 0.3) is 5.91 Å². The Bertz CT molecular complexity index is 1640. The third kappa shape index (κ3) is 5.44. The average Bonchev–Trinajstić information content (AvgIpc) is 3.72. The quantitative estimate of drug-likeness (QED) is 0.282. The Hall–Kier alpha value is -4.54. The number of carbonyl (C=O) groups is 1. The van der Waals surface area contributed by atoms with E-state index in [0.29, 0.717) is 23.4 Å². The Morgan fingerprint density at radius 3 is 2.66 bits per heavy atom. The van der Waals surface area contributed by atoms with E-state index in [4.69, 9.17) is 9.72 Å². The van der Waals surface area contributed by atoms with E-state index in [0.717, 1.165) is 85.5 Å². The van der Waals surface area contributed by atoms with Crippen LogP contribution in [-0.4, -0.2) is 86.3 Å². The van der Waals surface area contributed by atoms with Gasteiger partial charge in [-0.25, -0.2) is 9.97 Å². The molecule has 208 valence electrons. The molecule has 2 aromatic carbocycles. The van der Waals surface area contributed by atoms with Gasteiger partial charge in [0.15, 0.2) is 5.82 Å². The molecule has 3 aromatic heterocycles. The van der Waals surface area contributed by atoms with Gasteiger partial charge in [-0.15, -0.1) is 0 Å². The standard InChI is InChI=1S/C31H32N8O2/c40-31(39-11-1-2-26(20-39)38-12-14-41-15-13-38)28-16-22-3-4-23(17-27(22)36-28)30-32-10-9-29(37-30)35-25-7-5-21(6-8-25)24-18-33-34-19-24/h3-10,16-19,26,36H,1-2,11-15,20H2,(H,33,34)(H,32,35,37). The fraction of sp³-hybridized carbons (Fsp3) is 0.290. The number of rotatable bonds is 6. The maximum atomic E-state index is 13.5. The molecule has 7 rings (SSSR count). The van der Waals surface area contributed by atoms with Crippen molar-refractivity contribution in [3.63, 3.8) is 0 Å². The molecule has 0 bridgehead atoms. The van der Waals surface area contributed by atoms with Crippen molar-refractivity contribution in [1.29, 1.82) is 0 Å². The summed E-state index contributed by atoms with van der Waals surface area (Å²) in [5.74, 6) is 1.37. The number of anilines is 2. The second-order valence-corrected chi connectivity index (χ2v) is 10.6. The number of amides is 1. The lowest BCUT2D eigenvalue weighted by atomic mass is 10.0. The SMILES string of the molecule is O=C(c1cc2ccc(-c3nccc(Nc4ccc(-c5cn[nH]c5)cc4)n3)cc2[nH]1)N1CCCC(N2CCOCC2)C1. The maximum absolute atomic E-state index is 13.5. The highest BCUT2D eigenvalue weighted by Crippen LogP contribution is 2.26. The minimum atomic E-state index is 0.0574. The summed E-state index contributed by atoms with van der Waals surface area (Å²) in [4.78, 5) is 30.6. The van der Waals surface area contributed by atoms with E-state index in [9.17, 15) is 4.79 Å². The normalized spacial score (nSPS) is 18.0. The van der Waals surface area contributed by atoms with Crippen LogP contribution in [0.25, 0.3) is 33.4 Å². The highest BCUT2D eigenvalue weighted by Gasteiger charge is 2.29. The van der Waals surface area contributed by atoms with Crippen LogP contribution in [0.1, 0.15) is 23.3 Å². The molecule has 10 nitrogen and oxygen atoms in total. The van der Waals surface area contributed by atoms with Gasteiger partial charge in [0.1, 0.15) is 11.5 Å². The van der Waals surface area contributed by atoms with Crippen molar-refractivity contribution in [2.75, 3.05) is 44.7 Å². The number of hydrogen-bond donors (Lipinski definition) is 3. The number of benzene rings is 2. The minimum Gasteiger partial charge on any atom is -0.379 e. The molecular weight excluding hydrogens is 516 g/mol. The number of nitrogens with one attached hydrogen (secondary N) is 3. The summed E-state index contributed by atoms with van der Waals surface area (Å²) in [7, 11) is 0. The van der Waals surface area contributed by atoms with Crippen molar-refractivity contribution in [2.24, 2.45) is 0 Å². The van der Waals surface area contributed by atoms with E-state index >= 15 is 0 Å². The van der Waals surface area contributed by atoms with Crippen LogP contribution in [0.4, 0.5) is 11.5 Å². The molecule has 1 unspecified atom stereocenters. The van der Waals surface area contributed by atoms with Gasteiger partial charge in [0, 0.05) is 72.3 Å². The summed E-state index contributed by atoms with van der Waals surface area (Å²) in [5.41, 5.74) is 5.45. The van der Waals surface area contributed by atoms with Gasteiger partial charge in [-0.05, 0) is 48.7 Å². The largest absolute Gasteiger partial charge is 0.379 e. The summed E-state index contributed by atoms with van der Waals surface area (Å²) < 4.78 is 5.52. The summed E-state index contributed by atoms with van der Waals surface area (Å²) in [6.07, 6.45) is 7.57. The smallest absolute Gasteiger partial charge is 0.270 e. The first-order chi connectivity index (χ1) is 20.2. The minimum absolute atomic E-state index is 0.0574. The fourth-order valence-corrected chi connectivity index (χ4v) is 5.80. The van der Waals surface area contributed by atoms with Crippen molar-refractivity contribution in [3.8, 4) is 22.5 Å². The number of fused-ring (bicyclic) bond motifs is 1. The monoisotopic (exact) mass is 548 g/mol. The van der Waals surface area contributed by atoms with Crippen LogP contribution in [0.5, 0.6) is 0 Å². The number of likely N-dealkylation sites (tertiary alicyclic amines) is 1. The van der Waals surface area contributed by atoms with Crippen LogP contribution in [0.15, 0.2) is 73.2 Å². The first kappa shape index (κ1) is 25.4. The van der Waals surface area contributed by atoms with Gasteiger partial charge in [-0.1, -0.05) is 24.3 Å². The molecule has 5 aromatic rings. The second kappa shape index (κ2) is 11.1. The molecule has 3 N–H and O–H groups in total. The van der Waals surface area contributed by atoms with Crippen molar-refractivity contribution < 1.29 is 9.53 Å². The van der Waals surface area contributed by atoms with E-state index in [2.05, 4.69) is 30.4 Å². The number of ether oxygens (including phenoxy) is 1. The van der Waals surface area contributed by atoms with E-state index < -0.39 is 0 Å². The van der Waals surface area contributed by atoms with Crippen LogP contribution in [0, 0.1) is 0 Å². The first-order valence-electron chi connectivity index (χ1n) is 14.1. The number of nitrogens with zero attached hydrogens (tertiary/aromatic N) is 5. The van der Waals surface area contributed by atoms with Gasteiger partial charge in [0.2, 0.25) is 0 Å². The highest BCUT2D eigenvalue weighted by molar-refractivity contribution is 5.98. The zero-order valence-corrected chi connectivity index (χ0v) is 22.7. The lowest BCUT2D eigenvalue weighted by molar-refractivity contribution is -0.00128. The molecule has 2 saturated heterocycles. The predicted molar refractivity (Wildman–Crippen MR) is 158 cm³/mol. The number of hydrogen-bond acceptors (Lipinski definition) is 7. The Labute approximate surface area is 237 Å². The van der Waals surface area contributed by atoms with Gasteiger partial charge in [-0.3, -0.25) is 14.8 Å². The number of piperidine rings is 1. The van der Waals surface area contributed by atoms with Gasteiger partial charge < -0.3 is 19.9 Å². The number of carbonyl (C=O) groups excluding carboxylic acids is 1. The van der Waals surface area contributed by atoms with Crippen molar-refractivity contribution in [3.05, 3.63) is 78.9 Å². The molecule has 2 fully saturated rings. The molecule has 0 spiro atoms. The molecule has 1 amide bonds. The highest BCUT2D eigenvalue weighted by atomic mass is 16.5. The number of H-pyrrole nitrogens is 2. The van der Waals surface area contributed by atoms with Crippen LogP contribution >= 0.6 is 0 Å². The van der Waals surface area contributed by atoms with Crippen LogP contribution in [-0.2, 0) is 4.74 Å². The van der Waals surface area contributed by atoms with Crippen LogP contribution in [0.2, 0.25) is 0 Å². The number of aromatic amines is 2. The summed E-state index contributed by atoms with van der Waals surface area (Å²) in [6.45, 7) is 4.99. The van der Waals surface area contributed by atoms with Crippen molar-refractivity contribution in [1.82, 2.24) is 34.9 Å². The Balaban J connectivity index is 1.06. The van der Waals surface area contributed by atoms with Crippen LogP contribution in [0.3, 0.4) is 0 Å². The van der Waals surface area contributed by atoms with Crippen molar-refractivity contribution in [2.45, 2.75) is 18.9 Å². The molecule has 0 aliphatic carbocycles. The molecule has 0 radical (unpaired) electrons. The molecular formula is C31H32N8O2. The van der Waals surface area contributed by atoms with E-state index in [1.54, 1.807) is 12.4 Å². The lowest BCUT2D eigenvalue weighted by Gasteiger charge is -2.40. The van der Waals surface area contributed by atoms with E-state index in [1.165, 1.54) is 0 Å². The summed E-state index contributed by atoms with van der Waals surface area (Å²) in [6, 6.07) is 18.3. The number of aromatic nitrogens is 5. The molecule has 2 aliphatic rings. The van der Waals surface area contributed by atoms with Crippen molar-refractivity contribution >= 4 is 28.3 Å². The third-order valence-corrected chi connectivity index (χ3v) is 8.00. The summed E-state index contributed by atoms with van der Waals surface area (Å²) in [5, 5.41) is 11.2. The first-order valence-corrected chi connectivity index (χ1v) is 14.1. The Kier molecular flexibility index (Phi) is 6.91. The predicted octanol–water partition coefficient (Wildman–Crippen LogP) is 4.70. The average molecular weight is 549 g/mol. The molecule has 0 saturated carbocycles. The molecule has 41 heavy (non-hydrogen) atoms. The van der Waals surface area contributed by atoms with Gasteiger partial charge in [-0.2, -0.15) is 5.10 Å². The maximum Gasteiger partial charge on any atom is 0.270 e. The molecule has 10 heteroatoms. The van der Waals surface area contributed by atoms with Crippen LogP contribution < -0.4 is 5.32 Å². The molecule has 5 heterocycles. The van der Waals surface area contributed by atoms with E-state index in [-0.39, 0.29) is 5.91 Å². The Morgan fingerprint density at radius 2 is 1.83 bits per heavy atom. The van der Waals surface area contributed by atoms with E-state index in [1.807, 2.05) is 65.7 Å². The molecule has 1 atom stereocenters. The Morgan fingerprint density at radius 1 is 0.976 bits per heavy atom.